The molecule has 7 heteroatoms. The number of nitrogens with one attached hydrogen (secondary N) is 1. The van der Waals surface area contributed by atoms with Gasteiger partial charge in [0.1, 0.15) is 17.9 Å². The fourth-order valence-corrected chi connectivity index (χ4v) is 6.52. The van der Waals surface area contributed by atoms with E-state index in [9.17, 15) is 9.59 Å². The normalized spacial score (nSPS) is 31.2. The summed E-state index contributed by atoms with van der Waals surface area (Å²) in [4.78, 5) is 29.9. The molecule has 182 valence electrons. The average Bonchev–Trinajstić information content (AvgIpc) is 3.14. The van der Waals surface area contributed by atoms with Gasteiger partial charge in [-0.05, 0) is 81.8 Å². The number of benzene rings is 1. The third-order valence-corrected chi connectivity index (χ3v) is 8.71. The molecule has 2 amide bonds. The molecule has 4 aliphatic heterocycles. The van der Waals surface area contributed by atoms with E-state index in [1.165, 1.54) is 32.1 Å². The zero-order chi connectivity index (χ0) is 23.3. The van der Waals surface area contributed by atoms with Gasteiger partial charge in [0.2, 0.25) is 5.91 Å². The molecule has 1 spiro atoms. The highest BCUT2D eigenvalue weighted by Gasteiger charge is 2.44. The van der Waals surface area contributed by atoms with Crippen LogP contribution in [-0.2, 0) is 16.1 Å². The first-order valence-corrected chi connectivity index (χ1v) is 12.9. The fraction of sp³-hybridized carbons (Fsp3) is 0.630. The molecule has 3 atom stereocenters. The molecule has 1 aromatic carbocycles. The Bertz CT molecular complexity index is 994. The minimum Gasteiger partial charge on any atom is -0.489 e. The lowest BCUT2D eigenvalue weighted by Gasteiger charge is -2.50. The van der Waals surface area contributed by atoms with Crippen LogP contribution in [-0.4, -0.2) is 66.1 Å². The van der Waals surface area contributed by atoms with Gasteiger partial charge in [-0.1, -0.05) is 13.0 Å². The predicted octanol–water partition coefficient (Wildman–Crippen LogP) is 3.24. The van der Waals surface area contributed by atoms with Crippen LogP contribution in [0.25, 0.3) is 0 Å². The summed E-state index contributed by atoms with van der Waals surface area (Å²) in [6.07, 6.45) is 8.70. The summed E-state index contributed by atoms with van der Waals surface area (Å²) in [7, 11) is 0. The summed E-state index contributed by atoms with van der Waals surface area (Å²) in [6, 6.07) is 5.87. The zero-order valence-corrected chi connectivity index (χ0v) is 19.9. The van der Waals surface area contributed by atoms with Gasteiger partial charge in [-0.3, -0.25) is 14.5 Å². The monoisotopic (exact) mass is 465 g/mol. The van der Waals surface area contributed by atoms with Crippen LogP contribution in [0.5, 0.6) is 5.75 Å². The molecule has 7 nitrogen and oxygen atoms in total. The van der Waals surface area contributed by atoms with E-state index in [0.717, 1.165) is 49.7 Å². The molecule has 1 aromatic rings. The molecule has 0 bridgehead atoms. The van der Waals surface area contributed by atoms with Crippen molar-refractivity contribution in [2.24, 2.45) is 5.41 Å². The van der Waals surface area contributed by atoms with E-state index in [4.69, 9.17) is 9.47 Å². The van der Waals surface area contributed by atoms with Gasteiger partial charge in [0.25, 0.3) is 5.91 Å². The Morgan fingerprint density at radius 2 is 1.88 bits per heavy atom. The number of nitrogens with zero attached hydrogens (tertiary/aromatic N) is 2. The van der Waals surface area contributed by atoms with Gasteiger partial charge in [0.05, 0.1) is 13.2 Å². The van der Waals surface area contributed by atoms with Crippen molar-refractivity contribution in [2.75, 3.05) is 26.3 Å². The lowest BCUT2D eigenvalue weighted by Crippen LogP contribution is -2.56. The Morgan fingerprint density at radius 1 is 1.09 bits per heavy atom. The summed E-state index contributed by atoms with van der Waals surface area (Å²) in [6.45, 7) is 8.45. The first-order valence-electron chi connectivity index (χ1n) is 12.9. The first kappa shape index (κ1) is 22.1. The molecule has 4 fully saturated rings. The van der Waals surface area contributed by atoms with Crippen molar-refractivity contribution in [1.29, 1.82) is 0 Å². The van der Waals surface area contributed by atoms with E-state index in [0.29, 0.717) is 36.4 Å². The number of ether oxygens (including phenoxy) is 2. The molecule has 3 saturated heterocycles. The molecule has 0 aromatic heterocycles. The fourth-order valence-electron chi connectivity index (χ4n) is 6.52. The number of hydrogen-bond acceptors (Lipinski definition) is 5. The SMILES string of the molecule is C=C1CCC(N2Cc3cc(O[C@@H]4CCCC[C@@H]4N4CCC5(CC4)COC5)ccc3C2=O)C(=O)N1. The van der Waals surface area contributed by atoms with Gasteiger partial charge in [0.15, 0.2) is 0 Å². The highest BCUT2D eigenvalue weighted by atomic mass is 16.5. The van der Waals surface area contributed by atoms with Gasteiger partial charge in [-0.15, -0.1) is 0 Å². The van der Waals surface area contributed by atoms with Crippen molar-refractivity contribution in [1.82, 2.24) is 15.1 Å². The van der Waals surface area contributed by atoms with Gasteiger partial charge in [0, 0.05) is 29.3 Å². The van der Waals surface area contributed by atoms with Crippen LogP contribution in [0, 0.1) is 5.41 Å². The molecular formula is C27H35N3O4. The van der Waals surface area contributed by atoms with E-state index in [-0.39, 0.29) is 17.9 Å². The summed E-state index contributed by atoms with van der Waals surface area (Å²) in [5.74, 6) is 0.648. The lowest BCUT2D eigenvalue weighted by molar-refractivity contribution is -0.146. The van der Waals surface area contributed by atoms with Crippen LogP contribution < -0.4 is 10.1 Å². The second-order valence-electron chi connectivity index (χ2n) is 10.9. The van der Waals surface area contributed by atoms with Crippen molar-refractivity contribution in [2.45, 2.75) is 76.1 Å². The van der Waals surface area contributed by atoms with Crippen molar-refractivity contribution < 1.29 is 19.1 Å². The molecule has 1 N–H and O–H groups in total. The Kier molecular flexibility index (Phi) is 5.65. The van der Waals surface area contributed by atoms with Crippen molar-refractivity contribution in [3.63, 3.8) is 0 Å². The molecule has 1 unspecified atom stereocenters. The minimum atomic E-state index is -0.430. The average molecular weight is 466 g/mol. The predicted molar refractivity (Wildman–Crippen MR) is 127 cm³/mol. The number of allylic oxidation sites excluding steroid dienone is 1. The quantitative estimate of drug-likeness (QED) is 0.739. The summed E-state index contributed by atoms with van der Waals surface area (Å²) in [5, 5.41) is 2.80. The summed E-state index contributed by atoms with van der Waals surface area (Å²) >= 11 is 0. The zero-order valence-electron chi connectivity index (χ0n) is 19.9. The smallest absolute Gasteiger partial charge is 0.255 e. The van der Waals surface area contributed by atoms with Crippen molar-refractivity contribution in [3.05, 3.63) is 41.6 Å². The van der Waals surface area contributed by atoms with Crippen LogP contribution in [0.1, 0.15) is 67.3 Å². The van der Waals surface area contributed by atoms with E-state index < -0.39 is 6.04 Å². The Labute approximate surface area is 201 Å². The van der Waals surface area contributed by atoms with Crippen molar-refractivity contribution >= 4 is 11.8 Å². The number of amides is 2. The van der Waals surface area contributed by atoms with E-state index >= 15 is 0 Å². The molecule has 5 aliphatic rings. The van der Waals surface area contributed by atoms with Crippen molar-refractivity contribution in [3.8, 4) is 5.75 Å². The summed E-state index contributed by atoms with van der Waals surface area (Å²) < 4.78 is 12.1. The molecule has 0 radical (unpaired) electrons. The molecule has 6 rings (SSSR count). The van der Waals surface area contributed by atoms with Crippen LogP contribution in [0.3, 0.4) is 0 Å². The Hall–Kier alpha value is -2.38. The van der Waals surface area contributed by atoms with E-state index in [1.807, 2.05) is 18.2 Å². The standard InChI is InChI=1S/C27H35N3O4/c1-18-6-9-23(25(31)28-18)30-15-19-14-20(7-8-21(19)26(30)32)34-24-5-3-2-4-22(24)29-12-10-27(11-13-29)16-33-17-27/h7-8,14,22-24H,1-6,9-13,15-17H2,(H,28,31)/t22-,23?,24+/m0/s1. The number of carbonyl (C=O) groups is 2. The third-order valence-electron chi connectivity index (χ3n) is 8.71. The Morgan fingerprint density at radius 3 is 2.62 bits per heavy atom. The number of carbonyl (C=O) groups excluding carboxylic acids is 2. The largest absolute Gasteiger partial charge is 0.489 e. The molecular weight excluding hydrogens is 430 g/mol. The van der Waals surface area contributed by atoms with E-state index in [2.05, 4.69) is 16.8 Å². The maximum absolute atomic E-state index is 13.0. The number of fused-ring (bicyclic) bond motifs is 1. The van der Waals surface area contributed by atoms with Crippen LogP contribution in [0.4, 0.5) is 0 Å². The highest BCUT2D eigenvalue weighted by Crippen LogP contribution is 2.40. The topological polar surface area (TPSA) is 71.1 Å². The number of rotatable bonds is 4. The van der Waals surface area contributed by atoms with Crippen LogP contribution >= 0.6 is 0 Å². The van der Waals surface area contributed by atoms with Gasteiger partial charge in [-0.2, -0.15) is 0 Å². The lowest BCUT2D eigenvalue weighted by atomic mass is 9.76. The number of hydrogen-bond donors (Lipinski definition) is 1. The van der Waals surface area contributed by atoms with Gasteiger partial charge in [-0.25, -0.2) is 0 Å². The maximum Gasteiger partial charge on any atom is 0.255 e. The number of piperidine rings is 2. The molecule has 34 heavy (non-hydrogen) atoms. The Balaban J connectivity index is 1.13. The maximum atomic E-state index is 13.0. The number of likely N-dealkylation sites (tertiary alicyclic amines) is 1. The highest BCUT2D eigenvalue weighted by molar-refractivity contribution is 6.01. The molecule has 1 saturated carbocycles. The van der Waals surface area contributed by atoms with Gasteiger partial charge < -0.3 is 19.7 Å². The second kappa shape index (κ2) is 8.68. The van der Waals surface area contributed by atoms with Crippen LogP contribution in [0.2, 0.25) is 0 Å². The van der Waals surface area contributed by atoms with Crippen LogP contribution in [0.15, 0.2) is 30.5 Å². The molecule has 4 heterocycles. The summed E-state index contributed by atoms with van der Waals surface area (Å²) in [5.41, 5.74) is 2.82. The van der Waals surface area contributed by atoms with E-state index in [1.54, 1.807) is 4.90 Å². The second-order valence-corrected chi connectivity index (χ2v) is 10.9. The minimum absolute atomic E-state index is 0.0630. The molecule has 1 aliphatic carbocycles. The first-order chi connectivity index (χ1) is 16.5. The third kappa shape index (κ3) is 3.93. The van der Waals surface area contributed by atoms with Gasteiger partial charge >= 0.3 is 0 Å².